The van der Waals surface area contributed by atoms with Gasteiger partial charge in [0, 0.05) is 12.5 Å². The van der Waals surface area contributed by atoms with Crippen molar-refractivity contribution in [1.82, 2.24) is 5.32 Å². The molecule has 1 unspecified atom stereocenters. The standard InChI is InChI=1S/C13H19Cl2N.C2H6/c1-13(2,3)10(8-16-4)9-5-6-11(14)12(15)7-9;1-2/h5-7,10,16H,8H2,1-4H3;1-2H3. The number of benzene rings is 1. The summed E-state index contributed by atoms with van der Waals surface area (Å²) < 4.78 is 0. The van der Waals surface area contributed by atoms with E-state index >= 15 is 0 Å². The topological polar surface area (TPSA) is 12.0 Å². The Bertz CT molecular complexity index is 356. The van der Waals surface area contributed by atoms with Crippen LogP contribution in [0.15, 0.2) is 18.2 Å². The molecular weight excluding hydrogens is 265 g/mol. The minimum atomic E-state index is 0.195. The van der Waals surface area contributed by atoms with Gasteiger partial charge in [-0.3, -0.25) is 0 Å². The van der Waals surface area contributed by atoms with Crippen LogP contribution >= 0.6 is 23.2 Å². The molecule has 0 heterocycles. The molecule has 18 heavy (non-hydrogen) atoms. The summed E-state index contributed by atoms with van der Waals surface area (Å²) in [6.07, 6.45) is 0. The Hall–Kier alpha value is -0.240. The first-order chi connectivity index (χ1) is 8.36. The Balaban J connectivity index is 0.00000137. The zero-order valence-corrected chi connectivity index (χ0v) is 13.8. The van der Waals surface area contributed by atoms with Crippen LogP contribution in [0.3, 0.4) is 0 Å². The van der Waals surface area contributed by atoms with Crippen molar-refractivity contribution in [1.29, 1.82) is 0 Å². The van der Waals surface area contributed by atoms with Gasteiger partial charge in [-0.2, -0.15) is 0 Å². The molecule has 0 bridgehead atoms. The molecule has 0 saturated heterocycles. The Morgan fingerprint density at radius 3 is 2.06 bits per heavy atom. The lowest BCUT2D eigenvalue weighted by Gasteiger charge is -2.31. The predicted molar refractivity (Wildman–Crippen MR) is 83.9 cm³/mol. The van der Waals surface area contributed by atoms with Crippen LogP contribution in [-0.4, -0.2) is 13.6 Å². The molecule has 1 aromatic carbocycles. The fraction of sp³-hybridized carbons (Fsp3) is 0.600. The summed E-state index contributed by atoms with van der Waals surface area (Å²) in [5.41, 5.74) is 1.43. The van der Waals surface area contributed by atoms with Gasteiger partial charge in [-0.25, -0.2) is 0 Å². The maximum atomic E-state index is 6.06. The highest BCUT2D eigenvalue weighted by Crippen LogP contribution is 2.36. The van der Waals surface area contributed by atoms with Crippen molar-refractivity contribution >= 4 is 23.2 Å². The van der Waals surface area contributed by atoms with E-state index in [2.05, 4.69) is 32.2 Å². The molecule has 0 aliphatic heterocycles. The van der Waals surface area contributed by atoms with E-state index in [1.807, 2.05) is 33.0 Å². The van der Waals surface area contributed by atoms with Crippen LogP contribution < -0.4 is 5.32 Å². The third kappa shape index (κ3) is 5.17. The van der Waals surface area contributed by atoms with Crippen molar-refractivity contribution < 1.29 is 0 Å². The number of likely N-dealkylation sites (N-methyl/N-ethyl adjacent to an activating group) is 1. The molecule has 0 radical (unpaired) electrons. The average molecular weight is 290 g/mol. The Labute approximate surface area is 122 Å². The third-order valence-corrected chi connectivity index (χ3v) is 3.54. The normalized spacial score (nSPS) is 12.7. The summed E-state index contributed by atoms with van der Waals surface area (Å²) >= 11 is 12.0. The van der Waals surface area contributed by atoms with E-state index in [1.165, 1.54) is 5.56 Å². The lowest BCUT2D eigenvalue weighted by molar-refractivity contribution is 0.314. The van der Waals surface area contributed by atoms with Crippen LogP contribution in [0.2, 0.25) is 10.0 Å². The van der Waals surface area contributed by atoms with Crippen molar-refractivity contribution in [2.24, 2.45) is 5.41 Å². The quantitative estimate of drug-likeness (QED) is 0.789. The lowest BCUT2D eigenvalue weighted by atomic mass is 9.76. The first-order valence-corrected chi connectivity index (χ1v) is 7.21. The highest BCUT2D eigenvalue weighted by atomic mass is 35.5. The number of rotatable bonds is 3. The Kier molecular flexibility index (Phi) is 7.93. The smallest absolute Gasteiger partial charge is 0.0595 e. The first kappa shape index (κ1) is 17.8. The van der Waals surface area contributed by atoms with Crippen molar-refractivity contribution in [3.8, 4) is 0 Å². The molecule has 0 amide bonds. The van der Waals surface area contributed by atoms with E-state index in [4.69, 9.17) is 23.2 Å². The summed E-state index contributed by atoms with van der Waals surface area (Å²) in [5, 5.41) is 4.47. The van der Waals surface area contributed by atoms with E-state index in [0.29, 0.717) is 16.0 Å². The number of nitrogens with one attached hydrogen (secondary N) is 1. The summed E-state index contributed by atoms with van der Waals surface area (Å²) in [6, 6.07) is 5.90. The summed E-state index contributed by atoms with van der Waals surface area (Å²) in [7, 11) is 1.97. The van der Waals surface area contributed by atoms with Crippen LogP contribution in [0.5, 0.6) is 0 Å². The Morgan fingerprint density at radius 2 is 1.67 bits per heavy atom. The molecule has 0 saturated carbocycles. The molecule has 0 fully saturated rings. The van der Waals surface area contributed by atoms with Gasteiger partial charge >= 0.3 is 0 Å². The van der Waals surface area contributed by atoms with Gasteiger partial charge in [0.05, 0.1) is 10.0 Å². The first-order valence-electron chi connectivity index (χ1n) is 6.46. The molecule has 104 valence electrons. The van der Waals surface area contributed by atoms with Crippen LogP contribution in [0.1, 0.15) is 46.1 Å². The summed E-state index contributed by atoms with van der Waals surface area (Å²) in [5.74, 6) is 0.423. The van der Waals surface area contributed by atoms with Gasteiger partial charge in [0.1, 0.15) is 0 Å². The van der Waals surface area contributed by atoms with E-state index in [1.54, 1.807) is 0 Å². The summed E-state index contributed by atoms with van der Waals surface area (Å²) in [4.78, 5) is 0. The van der Waals surface area contributed by atoms with Crippen LogP contribution in [0.25, 0.3) is 0 Å². The van der Waals surface area contributed by atoms with E-state index in [-0.39, 0.29) is 5.41 Å². The minimum Gasteiger partial charge on any atom is -0.319 e. The van der Waals surface area contributed by atoms with Gasteiger partial charge in [-0.05, 0) is 30.2 Å². The monoisotopic (exact) mass is 289 g/mol. The van der Waals surface area contributed by atoms with Crippen molar-refractivity contribution in [3.05, 3.63) is 33.8 Å². The van der Waals surface area contributed by atoms with Gasteiger partial charge in [0.2, 0.25) is 0 Å². The second-order valence-corrected chi connectivity index (χ2v) is 5.96. The van der Waals surface area contributed by atoms with Gasteiger partial charge in [0.15, 0.2) is 0 Å². The molecule has 0 aromatic heterocycles. The van der Waals surface area contributed by atoms with E-state index in [0.717, 1.165) is 6.54 Å². The number of hydrogen-bond donors (Lipinski definition) is 1. The highest BCUT2D eigenvalue weighted by Gasteiger charge is 2.25. The molecular formula is C15H25Cl2N. The lowest BCUT2D eigenvalue weighted by Crippen LogP contribution is -2.28. The van der Waals surface area contributed by atoms with Gasteiger partial charge in [-0.1, -0.05) is 63.9 Å². The van der Waals surface area contributed by atoms with Crippen LogP contribution in [0.4, 0.5) is 0 Å². The molecule has 1 nitrogen and oxygen atoms in total. The molecule has 1 rings (SSSR count). The van der Waals surface area contributed by atoms with Crippen LogP contribution in [0, 0.1) is 5.41 Å². The molecule has 1 N–H and O–H groups in total. The zero-order chi connectivity index (χ0) is 14.3. The van der Waals surface area contributed by atoms with Crippen molar-refractivity contribution in [2.75, 3.05) is 13.6 Å². The van der Waals surface area contributed by atoms with Crippen molar-refractivity contribution in [2.45, 2.75) is 40.5 Å². The molecule has 0 aliphatic rings. The van der Waals surface area contributed by atoms with Gasteiger partial charge < -0.3 is 5.32 Å². The maximum Gasteiger partial charge on any atom is 0.0595 e. The average Bonchev–Trinajstić information content (AvgIpc) is 2.31. The van der Waals surface area contributed by atoms with Gasteiger partial charge in [0.25, 0.3) is 0 Å². The van der Waals surface area contributed by atoms with Gasteiger partial charge in [-0.15, -0.1) is 0 Å². The zero-order valence-electron chi connectivity index (χ0n) is 12.3. The second kappa shape index (κ2) is 8.04. The number of halogens is 2. The highest BCUT2D eigenvalue weighted by molar-refractivity contribution is 6.42. The molecule has 1 atom stereocenters. The summed E-state index contributed by atoms with van der Waals surface area (Å²) in [6.45, 7) is 11.6. The maximum absolute atomic E-state index is 6.06. The fourth-order valence-electron chi connectivity index (χ4n) is 1.86. The van der Waals surface area contributed by atoms with Crippen molar-refractivity contribution in [3.63, 3.8) is 0 Å². The molecule has 1 aromatic rings. The van der Waals surface area contributed by atoms with E-state index < -0.39 is 0 Å². The molecule has 0 spiro atoms. The predicted octanol–water partition coefficient (Wildman–Crippen LogP) is 5.37. The minimum absolute atomic E-state index is 0.195. The van der Waals surface area contributed by atoms with Crippen LogP contribution in [-0.2, 0) is 0 Å². The molecule has 3 heteroatoms. The second-order valence-electron chi connectivity index (χ2n) is 5.15. The largest absolute Gasteiger partial charge is 0.319 e. The fourth-order valence-corrected chi connectivity index (χ4v) is 2.16. The Morgan fingerprint density at radius 1 is 1.11 bits per heavy atom. The third-order valence-electron chi connectivity index (χ3n) is 2.80. The number of hydrogen-bond acceptors (Lipinski definition) is 1. The SMILES string of the molecule is CC.CNCC(c1ccc(Cl)c(Cl)c1)C(C)(C)C. The van der Waals surface area contributed by atoms with E-state index in [9.17, 15) is 0 Å². The molecule has 0 aliphatic carbocycles.